The Bertz CT molecular complexity index is 623. The summed E-state index contributed by atoms with van der Waals surface area (Å²) < 4.78 is 45.5. The molecule has 0 saturated heterocycles. The molecule has 0 radical (unpaired) electrons. The SMILES string of the molecule is COc1cc(Cl)ccc1C(Cl)c1c(F)cc(F)cc1F. The Hall–Kier alpha value is -1.39. The molecule has 0 aliphatic rings. The van der Waals surface area contributed by atoms with Crippen molar-refractivity contribution in [1.29, 1.82) is 0 Å². The zero-order chi connectivity index (χ0) is 14.9. The standard InChI is InChI=1S/C14H9Cl2F3O/c1-20-12-4-7(15)2-3-9(12)14(16)13-10(18)5-8(17)6-11(13)19/h2-6,14H,1H3. The molecule has 20 heavy (non-hydrogen) atoms. The van der Waals surface area contributed by atoms with Gasteiger partial charge < -0.3 is 4.74 Å². The molecule has 0 fully saturated rings. The number of hydrogen-bond acceptors (Lipinski definition) is 1. The van der Waals surface area contributed by atoms with E-state index in [1.165, 1.54) is 25.3 Å². The Labute approximate surface area is 123 Å². The predicted molar refractivity (Wildman–Crippen MR) is 72.0 cm³/mol. The van der Waals surface area contributed by atoms with Gasteiger partial charge in [-0.15, -0.1) is 11.6 Å². The first-order valence-electron chi connectivity index (χ1n) is 5.56. The van der Waals surface area contributed by atoms with Crippen LogP contribution in [0.3, 0.4) is 0 Å². The highest BCUT2D eigenvalue weighted by Gasteiger charge is 2.24. The average Bonchev–Trinajstić information content (AvgIpc) is 2.37. The Morgan fingerprint density at radius 2 is 1.65 bits per heavy atom. The van der Waals surface area contributed by atoms with E-state index in [9.17, 15) is 13.2 Å². The maximum Gasteiger partial charge on any atom is 0.134 e. The highest BCUT2D eigenvalue weighted by molar-refractivity contribution is 6.30. The van der Waals surface area contributed by atoms with Gasteiger partial charge in [0, 0.05) is 28.3 Å². The van der Waals surface area contributed by atoms with Crippen LogP contribution in [0, 0.1) is 17.5 Å². The van der Waals surface area contributed by atoms with Gasteiger partial charge in [0.15, 0.2) is 0 Å². The Balaban J connectivity index is 2.54. The molecule has 1 nitrogen and oxygen atoms in total. The Morgan fingerprint density at radius 1 is 1.05 bits per heavy atom. The number of rotatable bonds is 3. The summed E-state index contributed by atoms with van der Waals surface area (Å²) in [5.74, 6) is -2.82. The van der Waals surface area contributed by atoms with Gasteiger partial charge in [0.05, 0.1) is 12.5 Å². The van der Waals surface area contributed by atoms with E-state index in [-0.39, 0.29) is 0 Å². The molecule has 0 saturated carbocycles. The fraction of sp³-hybridized carbons (Fsp3) is 0.143. The van der Waals surface area contributed by atoms with Gasteiger partial charge in [-0.3, -0.25) is 0 Å². The third-order valence-corrected chi connectivity index (χ3v) is 3.45. The molecule has 1 atom stereocenters. The lowest BCUT2D eigenvalue weighted by Gasteiger charge is -2.16. The largest absolute Gasteiger partial charge is 0.496 e. The van der Waals surface area contributed by atoms with Crippen LogP contribution < -0.4 is 4.74 Å². The van der Waals surface area contributed by atoms with Crippen LogP contribution in [-0.4, -0.2) is 7.11 Å². The van der Waals surface area contributed by atoms with Crippen LogP contribution in [-0.2, 0) is 0 Å². The minimum atomic E-state index is -1.16. The van der Waals surface area contributed by atoms with E-state index in [4.69, 9.17) is 27.9 Å². The molecule has 0 aromatic heterocycles. The highest BCUT2D eigenvalue weighted by Crippen LogP contribution is 2.38. The number of benzene rings is 2. The van der Waals surface area contributed by atoms with Crippen molar-refractivity contribution < 1.29 is 17.9 Å². The first-order valence-corrected chi connectivity index (χ1v) is 6.37. The number of ether oxygens (including phenoxy) is 1. The lowest BCUT2D eigenvalue weighted by molar-refractivity contribution is 0.409. The van der Waals surface area contributed by atoms with Crippen molar-refractivity contribution in [3.63, 3.8) is 0 Å². The molecule has 0 heterocycles. The van der Waals surface area contributed by atoms with Crippen molar-refractivity contribution in [2.24, 2.45) is 0 Å². The Kier molecular flexibility index (Phi) is 4.45. The second kappa shape index (κ2) is 5.94. The molecule has 0 amide bonds. The molecule has 0 bridgehead atoms. The van der Waals surface area contributed by atoms with Gasteiger partial charge in [0.1, 0.15) is 23.2 Å². The molecule has 1 unspecified atom stereocenters. The van der Waals surface area contributed by atoms with Crippen molar-refractivity contribution in [1.82, 2.24) is 0 Å². The maximum atomic E-state index is 13.7. The molecule has 0 N–H and O–H groups in total. The van der Waals surface area contributed by atoms with Gasteiger partial charge >= 0.3 is 0 Å². The molecule has 0 spiro atoms. The summed E-state index contributed by atoms with van der Waals surface area (Å²) >= 11 is 11.9. The number of hydrogen-bond donors (Lipinski definition) is 0. The zero-order valence-electron chi connectivity index (χ0n) is 10.3. The van der Waals surface area contributed by atoms with Crippen LogP contribution in [0.5, 0.6) is 5.75 Å². The van der Waals surface area contributed by atoms with E-state index in [0.717, 1.165) is 0 Å². The van der Waals surface area contributed by atoms with Gasteiger partial charge in [-0.1, -0.05) is 17.7 Å². The molecule has 6 heteroatoms. The van der Waals surface area contributed by atoms with Crippen LogP contribution >= 0.6 is 23.2 Å². The molecule has 2 aromatic rings. The van der Waals surface area contributed by atoms with Gasteiger partial charge in [-0.05, 0) is 12.1 Å². The minimum Gasteiger partial charge on any atom is -0.496 e. The summed E-state index contributed by atoms with van der Waals surface area (Å²) in [4.78, 5) is 0. The molecule has 0 aliphatic carbocycles. The average molecular weight is 321 g/mol. The number of alkyl halides is 1. The third-order valence-electron chi connectivity index (χ3n) is 2.77. The van der Waals surface area contributed by atoms with Gasteiger partial charge in [-0.2, -0.15) is 0 Å². The summed E-state index contributed by atoms with van der Waals surface area (Å²) in [5, 5.41) is -0.766. The van der Waals surface area contributed by atoms with Gasteiger partial charge in [0.25, 0.3) is 0 Å². The fourth-order valence-electron chi connectivity index (χ4n) is 1.85. The van der Waals surface area contributed by atoms with Gasteiger partial charge in [-0.25, -0.2) is 13.2 Å². The summed E-state index contributed by atoms with van der Waals surface area (Å²) in [7, 11) is 1.39. The van der Waals surface area contributed by atoms with Crippen LogP contribution in [0.2, 0.25) is 5.02 Å². The normalized spacial score (nSPS) is 12.3. The molecule has 106 valence electrons. The van der Waals surface area contributed by atoms with Gasteiger partial charge in [0.2, 0.25) is 0 Å². The number of methoxy groups -OCH3 is 1. The van der Waals surface area contributed by atoms with Crippen molar-refractivity contribution in [2.45, 2.75) is 5.38 Å². The van der Waals surface area contributed by atoms with Crippen LogP contribution in [0.4, 0.5) is 13.2 Å². The summed E-state index contributed by atoms with van der Waals surface area (Å²) in [6.07, 6.45) is 0. The first-order chi connectivity index (χ1) is 9.43. The van der Waals surface area contributed by atoms with E-state index in [1.807, 2.05) is 0 Å². The van der Waals surface area contributed by atoms with E-state index < -0.39 is 28.4 Å². The molecular weight excluding hydrogens is 312 g/mol. The van der Waals surface area contributed by atoms with Crippen molar-refractivity contribution in [2.75, 3.05) is 7.11 Å². The predicted octanol–water partition coefficient (Wildman–Crippen LogP) is 5.09. The summed E-state index contributed by atoms with van der Waals surface area (Å²) in [6, 6.07) is 5.66. The molecule has 2 aromatic carbocycles. The van der Waals surface area contributed by atoms with E-state index in [0.29, 0.717) is 28.5 Å². The van der Waals surface area contributed by atoms with Crippen LogP contribution in [0.1, 0.15) is 16.5 Å². The lowest BCUT2D eigenvalue weighted by Crippen LogP contribution is -2.04. The third kappa shape index (κ3) is 2.86. The maximum absolute atomic E-state index is 13.7. The highest BCUT2D eigenvalue weighted by atomic mass is 35.5. The van der Waals surface area contributed by atoms with E-state index in [1.54, 1.807) is 0 Å². The van der Waals surface area contributed by atoms with Crippen LogP contribution in [0.15, 0.2) is 30.3 Å². The molecular formula is C14H9Cl2F3O. The van der Waals surface area contributed by atoms with Crippen molar-refractivity contribution >= 4 is 23.2 Å². The van der Waals surface area contributed by atoms with Crippen LogP contribution in [0.25, 0.3) is 0 Å². The van der Waals surface area contributed by atoms with Crippen molar-refractivity contribution in [3.8, 4) is 5.75 Å². The van der Waals surface area contributed by atoms with E-state index >= 15 is 0 Å². The number of halogens is 5. The summed E-state index contributed by atoms with van der Waals surface area (Å²) in [6.45, 7) is 0. The lowest BCUT2D eigenvalue weighted by atomic mass is 10.0. The second-order valence-corrected chi connectivity index (χ2v) is 4.90. The monoisotopic (exact) mass is 320 g/mol. The summed E-state index contributed by atoms with van der Waals surface area (Å²) in [5.41, 5.74) is -0.100. The zero-order valence-corrected chi connectivity index (χ0v) is 11.8. The molecule has 0 aliphatic heterocycles. The minimum absolute atomic E-state index is 0.292. The van der Waals surface area contributed by atoms with E-state index in [2.05, 4.69) is 0 Å². The smallest absolute Gasteiger partial charge is 0.134 e. The topological polar surface area (TPSA) is 9.23 Å². The Morgan fingerprint density at radius 3 is 2.20 bits per heavy atom. The first kappa shape index (κ1) is 15.0. The van der Waals surface area contributed by atoms with Crippen molar-refractivity contribution in [3.05, 3.63) is 63.9 Å². The quantitative estimate of drug-likeness (QED) is 0.715. The second-order valence-electron chi connectivity index (χ2n) is 4.03. The molecule has 2 rings (SSSR count). The fourth-order valence-corrected chi connectivity index (χ4v) is 2.40.